The predicted octanol–water partition coefficient (Wildman–Crippen LogP) is 3.26. The van der Waals surface area contributed by atoms with Gasteiger partial charge < -0.3 is 14.8 Å². The van der Waals surface area contributed by atoms with E-state index in [0.29, 0.717) is 23.6 Å². The summed E-state index contributed by atoms with van der Waals surface area (Å²) in [5.41, 5.74) is 0.682. The Balaban J connectivity index is 3.12. The van der Waals surface area contributed by atoms with Crippen molar-refractivity contribution in [1.82, 2.24) is 0 Å². The molecule has 0 radical (unpaired) electrons. The molecule has 22 heavy (non-hydrogen) atoms. The number of anilines is 1. The molecule has 5 nitrogen and oxygen atoms in total. The Kier molecular flexibility index (Phi) is 6.16. The van der Waals surface area contributed by atoms with Crippen LogP contribution in [-0.4, -0.2) is 25.6 Å². The maximum absolute atomic E-state index is 12.2. The van der Waals surface area contributed by atoms with Crippen LogP contribution in [0, 0.1) is 5.41 Å². The highest BCUT2D eigenvalue weighted by molar-refractivity contribution is 5.98. The van der Waals surface area contributed by atoms with Crippen molar-refractivity contribution in [1.29, 1.82) is 0 Å². The van der Waals surface area contributed by atoms with Crippen molar-refractivity contribution >= 4 is 23.6 Å². The van der Waals surface area contributed by atoms with E-state index in [1.807, 2.05) is 20.8 Å². The molecule has 5 heteroatoms. The Labute approximate surface area is 131 Å². The van der Waals surface area contributed by atoms with Gasteiger partial charge >= 0.3 is 5.97 Å². The molecular weight excluding hydrogens is 282 g/mol. The van der Waals surface area contributed by atoms with Crippen LogP contribution in [0.4, 0.5) is 5.69 Å². The number of methoxy groups -OCH3 is 1. The zero-order valence-electron chi connectivity index (χ0n) is 13.7. The molecule has 0 fully saturated rings. The van der Waals surface area contributed by atoms with Gasteiger partial charge in [0.2, 0.25) is 5.91 Å². The molecule has 0 atom stereocenters. The third-order valence-electron chi connectivity index (χ3n) is 2.89. The zero-order chi connectivity index (χ0) is 16.8. The van der Waals surface area contributed by atoms with Gasteiger partial charge in [0.25, 0.3) is 0 Å². The molecular formula is C17H23NO4. The Bertz CT molecular complexity index is 571. The number of amides is 1. The number of esters is 1. The maximum atomic E-state index is 12.2. The normalized spacial score (nSPS) is 11.3. The van der Waals surface area contributed by atoms with E-state index >= 15 is 0 Å². The summed E-state index contributed by atoms with van der Waals surface area (Å²) >= 11 is 0. The van der Waals surface area contributed by atoms with Gasteiger partial charge in [-0.05, 0) is 25.1 Å². The van der Waals surface area contributed by atoms with Gasteiger partial charge in [-0.2, -0.15) is 0 Å². The first-order valence-corrected chi connectivity index (χ1v) is 7.13. The van der Waals surface area contributed by atoms with Crippen molar-refractivity contribution < 1.29 is 19.1 Å². The van der Waals surface area contributed by atoms with Crippen LogP contribution in [-0.2, 0) is 14.3 Å². The van der Waals surface area contributed by atoms with Crippen molar-refractivity contribution in [2.24, 2.45) is 5.41 Å². The molecule has 1 aromatic carbocycles. The quantitative estimate of drug-likeness (QED) is 0.670. The van der Waals surface area contributed by atoms with Crippen molar-refractivity contribution in [3.8, 4) is 5.75 Å². The lowest BCUT2D eigenvalue weighted by molar-refractivity contribution is -0.137. The molecule has 1 amide bonds. The van der Waals surface area contributed by atoms with E-state index in [2.05, 4.69) is 5.32 Å². The van der Waals surface area contributed by atoms with Crippen LogP contribution in [0.1, 0.15) is 33.3 Å². The van der Waals surface area contributed by atoms with Gasteiger partial charge in [0.05, 0.1) is 19.4 Å². The van der Waals surface area contributed by atoms with Gasteiger partial charge in [-0.3, -0.25) is 4.79 Å². The third-order valence-corrected chi connectivity index (χ3v) is 2.89. The first-order valence-electron chi connectivity index (χ1n) is 7.13. The van der Waals surface area contributed by atoms with Crippen LogP contribution in [0.15, 0.2) is 24.3 Å². The van der Waals surface area contributed by atoms with Crippen molar-refractivity contribution in [2.75, 3.05) is 19.0 Å². The van der Waals surface area contributed by atoms with E-state index in [-0.39, 0.29) is 5.91 Å². The molecule has 0 aliphatic rings. The van der Waals surface area contributed by atoms with Crippen molar-refractivity contribution in [3.05, 3.63) is 29.8 Å². The highest BCUT2D eigenvalue weighted by Gasteiger charge is 2.22. The van der Waals surface area contributed by atoms with Gasteiger partial charge in [-0.1, -0.05) is 26.8 Å². The van der Waals surface area contributed by atoms with Crippen LogP contribution in [0.25, 0.3) is 6.08 Å². The van der Waals surface area contributed by atoms with Crippen LogP contribution in [0.5, 0.6) is 5.75 Å². The van der Waals surface area contributed by atoms with Crippen LogP contribution in [0.2, 0.25) is 0 Å². The zero-order valence-corrected chi connectivity index (χ0v) is 13.7. The van der Waals surface area contributed by atoms with E-state index in [0.717, 1.165) is 0 Å². The maximum Gasteiger partial charge on any atom is 0.330 e. The third kappa shape index (κ3) is 4.91. The molecule has 0 aliphatic heterocycles. The SMILES string of the molecule is CCOC(=O)/C=C/c1c(NC(=O)C(C)(C)C)cccc1OC. The van der Waals surface area contributed by atoms with E-state index in [9.17, 15) is 9.59 Å². The first-order chi connectivity index (χ1) is 10.3. The van der Waals surface area contributed by atoms with E-state index in [1.54, 1.807) is 31.2 Å². The summed E-state index contributed by atoms with van der Waals surface area (Å²) in [4.78, 5) is 23.6. The minimum atomic E-state index is -0.523. The van der Waals surface area contributed by atoms with Crippen molar-refractivity contribution in [2.45, 2.75) is 27.7 Å². The molecule has 0 heterocycles. The molecule has 0 unspecified atom stereocenters. The molecule has 0 aromatic heterocycles. The van der Waals surface area contributed by atoms with Crippen LogP contribution < -0.4 is 10.1 Å². The Morgan fingerprint density at radius 3 is 2.50 bits per heavy atom. The first kappa shape index (κ1) is 17.8. The Morgan fingerprint density at radius 2 is 1.95 bits per heavy atom. The smallest absolute Gasteiger partial charge is 0.330 e. The number of hydrogen-bond acceptors (Lipinski definition) is 4. The summed E-state index contributed by atoms with van der Waals surface area (Å²) in [5, 5.41) is 2.86. The second-order valence-corrected chi connectivity index (χ2v) is 5.71. The number of rotatable bonds is 5. The summed E-state index contributed by atoms with van der Waals surface area (Å²) in [5.74, 6) is 0.000277. The summed E-state index contributed by atoms with van der Waals surface area (Å²) in [6, 6.07) is 5.30. The summed E-state index contributed by atoms with van der Waals surface area (Å²) in [7, 11) is 1.53. The number of nitrogens with one attached hydrogen (secondary N) is 1. The minimum absolute atomic E-state index is 0.119. The molecule has 0 bridgehead atoms. The van der Waals surface area contributed by atoms with Gasteiger partial charge in [0.1, 0.15) is 5.75 Å². The lowest BCUT2D eigenvalue weighted by Crippen LogP contribution is -2.27. The molecule has 0 spiro atoms. The molecule has 1 aromatic rings. The molecule has 0 saturated carbocycles. The van der Waals surface area contributed by atoms with E-state index in [4.69, 9.17) is 9.47 Å². The topological polar surface area (TPSA) is 64.6 Å². The second kappa shape index (κ2) is 7.64. The Hall–Kier alpha value is -2.30. The van der Waals surface area contributed by atoms with E-state index in [1.165, 1.54) is 13.2 Å². The lowest BCUT2D eigenvalue weighted by atomic mass is 9.95. The van der Waals surface area contributed by atoms with Gasteiger partial charge in [0, 0.05) is 17.1 Å². The molecule has 1 rings (SSSR count). The molecule has 0 aliphatic carbocycles. The Morgan fingerprint density at radius 1 is 1.27 bits per heavy atom. The monoisotopic (exact) mass is 305 g/mol. The fourth-order valence-corrected chi connectivity index (χ4v) is 1.65. The fourth-order valence-electron chi connectivity index (χ4n) is 1.65. The van der Waals surface area contributed by atoms with Crippen molar-refractivity contribution in [3.63, 3.8) is 0 Å². The number of benzene rings is 1. The second-order valence-electron chi connectivity index (χ2n) is 5.71. The van der Waals surface area contributed by atoms with Gasteiger partial charge in [-0.25, -0.2) is 4.79 Å². The predicted molar refractivity (Wildman–Crippen MR) is 86.7 cm³/mol. The largest absolute Gasteiger partial charge is 0.496 e. The number of carbonyl (C=O) groups excluding carboxylic acids is 2. The summed E-state index contributed by atoms with van der Waals surface area (Å²) < 4.78 is 10.1. The fraction of sp³-hybridized carbons (Fsp3) is 0.412. The standard InChI is InChI=1S/C17H23NO4/c1-6-22-15(19)11-10-12-13(8-7-9-14(12)21-5)18-16(20)17(2,3)4/h7-11H,6H2,1-5H3,(H,18,20)/b11-10+. The highest BCUT2D eigenvalue weighted by Crippen LogP contribution is 2.29. The molecule has 1 N–H and O–H groups in total. The van der Waals surface area contributed by atoms with Gasteiger partial charge in [0.15, 0.2) is 0 Å². The van der Waals surface area contributed by atoms with Crippen LogP contribution >= 0.6 is 0 Å². The highest BCUT2D eigenvalue weighted by atomic mass is 16.5. The van der Waals surface area contributed by atoms with Gasteiger partial charge in [-0.15, -0.1) is 0 Å². The van der Waals surface area contributed by atoms with Crippen LogP contribution in [0.3, 0.4) is 0 Å². The average molecular weight is 305 g/mol. The molecule has 120 valence electrons. The lowest BCUT2D eigenvalue weighted by Gasteiger charge is -2.19. The van der Waals surface area contributed by atoms with E-state index < -0.39 is 11.4 Å². The average Bonchev–Trinajstić information content (AvgIpc) is 2.44. The minimum Gasteiger partial charge on any atom is -0.496 e. The number of ether oxygens (including phenoxy) is 2. The number of hydrogen-bond donors (Lipinski definition) is 1. The number of carbonyl (C=O) groups is 2. The summed E-state index contributed by atoms with van der Waals surface area (Å²) in [6.45, 7) is 7.54. The summed E-state index contributed by atoms with van der Waals surface area (Å²) in [6.07, 6.45) is 2.89. The molecule has 0 saturated heterocycles.